The summed E-state index contributed by atoms with van der Waals surface area (Å²) in [7, 11) is 1.68. The van der Waals surface area contributed by atoms with E-state index in [4.69, 9.17) is 9.84 Å². The molecular formula is C14H17NO2S. The van der Waals surface area contributed by atoms with E-state index >= 15 is 0 Å². The summed E-state index contributed by atoms with van der Waals surface area (Å²) >= 11 is 1.59. The topological polar surface area (TPSA) is 42.4 Å². The number of rotatable bonds is 4. The summed E-state index contributed by atoms with van der Waals surface area (Å²) in [5.74, 6) is 0.905. The molecule has 1 aromatic carbocycles. The zero-order valence-electron chi connectivity index (χ0n) is 10.9. The number of nitrogens with zero attached hydrogens (tertiary/aromatic N) is 1. The van der Waals surface area contributed by atoms with Crippen molar-refractivity contribution in [2.45, 2.75) is 20.3 Å². The summed E-state index contributed by atoms with van der Waals surface area (Å²) in [6.45, 7) is 4.28. The molecule has 1 N–H and O–H groups in total. The van der Waals surface area contributed by atoms with E-state index in [-0.39, 0.29) is 6.61 Å². The molecule has 0 bridgehead atoms. The summed E-state index contributed by atoms with van der Waals surface area (Å²) in [6.07, 6.45) is 0.624. The van der Waals surface area contributed by atoms with Crippen LogP contribution in [0.15, 0.2) is 17.5 Å². The van der Waals surface area contributed by atoms with Gasteiger partial charge in [0.25, 0.3) is 0 Å². The van der Waals surface area contributed by atoms with E-state index in [0.717, 1.165) is 27.6 Å². The molecule has 0 radical (unpaired) electrons. The Morgan fingerprint density at radius 3 is 2.72 bits per heavy atom. The van der Waals surface area contributed by atoms with Gasteiger partial charge in [0.1, 0.15) is 5.75 Å². The number of benzene rings is 1. The van der Waals surface area contributed by atoms with Gasteiger partial charge in [-0.15, -0.1) is 11.3 Å². The molecule has 1 aromatic heterocycles. The van der Waals surface area contributed by atoms with Gasteiger partial charge in [-0.3, -0.25) is 0 Å². The molecule has 0 atom stereocenters. The van der Waals surface area contributed by atoms with E-state index < -0.39 is 0 Å². The van der Waals surface area contributed by atoms with Crippen LogP contribution in [0, 0.1) is 13.8 Å². The Hall–Kier alpha value is -1.39. The first-order valence-electron chi connectivity index (χ1n) is 5.87. The van der Waals surface area contributed by atoms with Crippen molar-refractivity contribution in [3.63, 3.8) is 0 Å². The first-order valence-corrected chi connectivity index (χ1v) is 6.75. The largest absolute Gasteiger partial charge is 0.496 e. The second-order valence-electron chi connectivity index (χ2n) is 4.17. The summed E-state index contributed by atoms with van der Waals surface area (Å²) in [4.78, 5) is 4.55. The van der Waals surface area contributed by atoms with Gasteiger partial charge in [0.15, 0.2) is 0 Å². The zero-order chi connectivity index (χ0) is 13.1. The standard InChI is InChI=1S/C14H17NO2S/c1-9-10(2)13(17-3)5-4-11(9)12-8-18-14(15-12)6-7-16/h4-5,8,16H,6-7H2,1-3H3. The van der Waals surface area contributed by atoms with Gasteiger partial charge in [0, 0.05) is 24.0 Å². The Morgan fingerprint density at radius 1 is 1.28 bits per heavy atom. The normalized spacial score (nSPS) is 10.7. The maximum atomic E-state index is 8.92. The summed E-state index contributed by atoms with van der Waals surface area (Å²) < 4.78 is 5.31. The van der Waals surface area contributed by atoms with E-state index in [1.54, 1.807) is 18.4 Å². The van der Waals surface area contributed by atoms with Crippen LogP contribution in [0.4, 0.5) is 0 Å². The van der Waals surface area contributed by atoms with Crippen LogP contribution in [0.25, 0.3) is 11.3 Å². The number of ether oxygens (including phenoxy) is 1. The smallest absolute Gasteiger partial charge is 0.122 e. The van der Waals surface area contributed by atoms with E-state index in [2.05, 4.69) is 18.8 Å². The van der Waals surface area contributed by atoms with Crippen molar-refractivity contribution >= 4 is 11.3 Å². The summed E-state index contributed by atoms with van der Waals surface area (Å²) in [5, 5.41) is 11.9. The molecule has 96 valence electrons. The first-order chi connectivity index (χ1) is 8.67. The lowest BCUT2D eigenvalue weighted by molar-refractivity contribution is 0.299. The van der Waals surface area contributed by atoms with Crippen LogP contribution >= 0.6 is 11.3 Å². The second-order valence-corrected chi connectivity index (χ2v) is 5.11. The maximum Gasteiger partial charge on any atom is 0.122 e. The highest BCUT2D eigenvalue weighted by molar-refractivity contribution is 7.09. The minimum absolute atomic E-state index is 0.146. The molecule has 0 fully saturated rings. The van der Waals surface area contributed by atoms with E-state index in [1.165, 1.54) is 5.56 Å². The third-order valence-corrected chi connectivity index (χ3v) is 4.02. The lowest BCUT2D eigenvalue weighted by atomic mass is 10.0. The van der Waals surface area contributed by atoms with Gasteiger partial charge < -0.3 is 9.84 Å². The average molecular weight is 263 g/mol. The van der Waals surface area contributed by atoms with Gasteiger partial charge in [-0.25, -0.2) is 4.98 Å². The fraction of sp³-hybridized carbons (Fsp3) is 0.357. The molecule has 18 heavy (non-hydrogen) atoms. The Balaban J connectivity index is 2.41. The van der Waals surface area contributed by atoms with Crippen LogP contribution in [-0.4, -0.2) is 23.8 Å². The number of hydrogen-bond acceptors (Lipinski definition) is 4. The lowest BCUT2D eigenvalue weighted by Crippen LogP contribution is -1.94. The predicted octanol–water partition coefficient (Wildman–Crippen LogP) is 2.97. The minimum atomic E-state index is 0.146. The van der Waals surface area contributed by atoms with Gasteiger partial charge in [-0.1, -0.05) is 0 Å². The van der Waals surface area contributed by atoms with Crippen molar-refractivity contribution in [3.05, 3.63) is 33.6 Å². The number of aromatic nitrogens is 1. The van der Waals surface area contributed by atoms with Crippen molar-refractivity contribution in [1.82, 2.24) is 4.98 Å². The fourth-order valence-corrected chi connectivity index (χ4v) is 2.73. The molecule has 0 unspecified atom stereocenters. The van der Waals surface area contributed by atoms with E-state index in [9.17, 15) is 0 Å². The average Bonchev–Trinajstić information content (AvgIpc) is 2.81. The third-order valence-electron chi connectivity index (χ3n) is 3.11. The molecule has 0 amide bonds. The van der Waals surface area contributed by atoms with Crippen molar-refractivity contribution in [3.8, 4) is 17.0 Å². The Morgan fingerprint density at radius 2 is 2.06 bits per heavy atom. The fourth-order valence-electron chi connectivity index (χ4n) is 1.94. The van der Waals surface area contributed by atoms with E-state index in [1.807, 2.05) is 17.5 Å². The van der Waals surface area contributed by atoms with Gasteiger partial charge in [-0.05, 0) is 37.1 Å². The van der Waals surface area contributed by atoms with Gasteiger partial charge in [0.2, 0.25) is 0 Å². The molecule has 4 heteroatoms. The number of methoxy groups -OCH3 is 1. The first kappa shape index (κ1) is 13.1. The molecule has 2 aromatic rings. The van der Waals surface area contributed by atoms with Crippen molar-refractivity contribution in [1.29, 1.82) is 0 Å². The van der Waals surface area contributed by atoms with Crippen LogP contribution in [0.1, 0.15) is 16.1 Å². The monoisotopic (exact) mass is 263 g/mol. The molecule has 0 aliphatic heterocycles. The second kappa shape index (κ2) is 5.50. The highest BCUT2D eigenvalue weighted by Gasteiger charge is 2.11. The molecule has 0 spiro atoms. The van der Waals surface area contributed by atoms with Gasteiger partial charge >= 0.3 is 0 Å². The molecule has 3 nitrogen and oxygen atoms in total. The molecule has 0 aliphatic rings. The summed E-state index contributed by atoms with van der Waals surface area (Å²) in [5.41, 5.74) is 4.45. The Labute approximate surface area is 111 Å². The Kier molecular flexibility index (Phi) is 3.99. The highest BCUT2D eigenvalue weighted by atomic mass is 32.1. The highest BCUT2D eigenvalue weighted by Crippen LogP contribution is 2.31. The lowest BCUT2D eigenvalue weighted by Gasteiger charge is -2.10. The van der Waals surface area contributed by atoms with Crippen LogP contribution < -0.4 is 4.74 Å². The molecule has 1 heterocycles. The molecule has 0 saturated carbocycles. The minimum Gasteiger partial charge on any atom is -0.496 e. The van der Waals surface area contributed by atoms with Crippen LogP contribution in [0.3, 0.4) is 0 Å². The van der Waals surface area contributed by atoms with Crippen molar-refractivity contribution in [2.24, 2.45) is 0 Å². The maximum absolute atomic E-state index is 8.92. The van der Waals surface area contributed by atoms with Crippen molar-refractivity contribution in [2.75, 3.05) is 13.7 Å². The quantitative estimate of drug-likeness (QED) is 0.922. The van der Waals surface area contributed by atoms with Gasteiger partial charge in [-0.2, -0.15) is 0 Å². The van der Waals surface area contributed by atoms with Crippen LogP contribution in [0.2, 0.25) is 0 Å². The van der Waals surface area contributed by atoms with Crippen molar-refractivity contribution < 1.29 is 9.84 Å². The number of hydrogen-bond donors (Lipinski definition) is 1. The Bertz CT molecular complexity index is 549. The van der Waals surface area contributed by atoms with Gasteiger partial charge in [0.05, 0.1) is 17.8 Å². The molecular weight excluding hydrogens is 246 g/mol. The zero-order valence-corrected chi connectivity index (χ0v) is 11.7. The third kappa shape index (κ3) is 2.40. The molecule has 0 saturated heterocycles. The SMILES string of the molecule is COc1ccc(-c2csc(CCO)n2)c(C)c1C. The van der Waals surface area contributed by atoms with Crippen LogP contribution in [-0.2, 0) is 6.42 Å². The number of aliphatic hydroxyl groups is 1. The number of aliphatic hydroxyl groups excluding tert-OH is 1. The summed E-state index contributed by atoms with van der Waals surface area (Å²) in [6, 6.07) is 4.02. The molecule has 2 rings (SSSR count). The van der Waals surface area contributed by atoms with Crippen LogP contribution in [0.5, 0.6) is 5.75 Å². The predicted molar refractivity (Wildman–Crippen MR) is 74.4 cm³/mol. The molecule has 0 aliphatic carbocycles. The number of thiazole rings is 1. The van der Waals surface area contributed by atoms with E-state index in [0.29, 0.717) is 6.42 Å².